The highest BCUT2D eigenvalue weighted by Crippen LogP contribution is 2.22. The van der Waals surface area contributed by atoms with Gasteiger partial charge in [-0.3, -0.25) is 0 Å². The first-order valence-electron chi connectivity index (χ1n) is 5.64. The fourth-order valence-corrected chi connectivity index (χ4v) is 2.13. The summed E-state index contributed by atoms with van der Waals surface area (Å²) in [5.41, 5.74) is 0.763. The molecule has 1 unspecified atom stereocenters. The van der Waals surface area contributed by atoms with Crippen LogP contribution in [0.5, 0.6) is 0 Å². The molecule has 1 aliphatic rings. The SMILES string of the molecule is CCNC1CCN(c2ccc(F)c(F)c2)C1. The van der Waals surface area contributed by atoms with Crippen LogP contribution in [0.25, 0.3) is 0 Å². The Hall–Kier alpha value is -1.16. The Balaban J connectivity index is 2.05. The van der Waals surface area contributed by atoms with E-state index in [1.54, 1.807) is 6.07 Å². The highest BCUT2D eigenvalue weighted by atomic mass is 19.2. The second-order valence-electron chi connectivity index (χ2n) is 4.09. The molecule has 88 valence electrons. The molecule has 0 saturated carbocycles. The minimum atomic E-state index is -0.786. The molecular weight excluding hydrogens is 210 g/mol. The molecule has 1 heterocycles. The van der Waals surface area contributed by atoms with E-state index in [0.717, 1.165) is 31.7 Å². The van der Waals surface area contributed by atoms with E-state index in [9.17, 15) is 8.78 Å². The highest BCUT2D eigenvalue weighted by Gasteiger charge is 2.22. The normalized spacial score (nSPS) is 20.4. The molecule has 1 aromatic rings. The van der Waals surface area contributed by atoms with Crippen molar-refractivity contribution in [3.63, 3.8) is 0 Å². The molecule has 2 nitrogen and oxygen atoms in total. The molecule has 1 fully saturated rings. The lowest BCUT2D eigenvalue weighted by Gasteiger charge is -2.19. The van der Waals surface area contributed by atoms with Gasteiger partial charge in [0.25, 0.3) is 0 Å². The molecule has 1 aromatic carbocycles. The van der Waals surface area contributed by atoms with Crippen LogP contribution >= 0.6 is 0 Å². The molecule has 0 radical (unpaired) electrons. The third-order valence-corrected chi connectivity index (χ3v) is 2.95. The third kappa shape index (κ3) is 2.32. The lowest BCUT2D eigenvalue weighted by molar-refractivity contribution is 0.508. The Bertz CT molecular complexity index is 368. The summed E-state index contributed by atoms with van der Waals surface area (Å²) in [4.78, 5) is 2.08. The van der Waals surface area contributed by atoms with Crippen LogP contribution in [0.1, 0.15) is 13.3 Å². The fraction of sp³-hybridized carbons (Fsp3) is 0.500. The average Bonchev–Trinajstić information content (AvgIpc) is 2.71. The van der Waals surface area contributed by atoms with E-state index in [-0.39, 0.29) is 0 Å². The molecule has 1 N–H and O–H groups in total. The molecule has 0 aliphatic carbocycles. The van der Waals surface area contributed by atoms with Crippen LogP contribution in [-0.4, -0.2) is 25.7 Å². The maximum atomic E-state index is 13.1. The first-order chi connectivity index (χ1) is 7.70. The number of halogens is 2. The van der Waals surface area contributed by atoms with Gasteiger partial charge in [-0.2, -0.15) is 0 Å². The molecule has 1 saturated heterocycles. The van der Waals surface area contributed by atoms with Gasteiger partial charge in [0, 0.05) is 30.9 Å². The van der Waals surface area contributed by atoms with E-state index in [1.807, 2.05) is 0 Å². The summed E-state index contributed by atoms with van der Waals surface area (Å²) in [6.45, 7) is 4.76. The van der Waals surface area contributed by atoms with Gasteiger partial charge in [-0.15, -0.1) is 0 Å². The van der Waals surface area contributed by atoms with Gasteiger partial charge in [0.1, 0.15) is 0 Å². The van der Waals surface area contributed by atoms with Crippen LogP contribution in [0.15, 0.2) is 18.2 Å². The Morgan fingerprint density at radius 3 is 2.88 bits per heavy atom. The standard InChI is InChI=1S/C12H16F2N2/c1-2-15-9-5-6-16(8-9)10-3-4-11(13)12(14)7-10/h3-4,7,9,15H,2,5-6,8H2,1H3. The van der Waals surface area contributed by atoms with Gasteiger partial charge < -0.3 is 10.2 Å². The zero-order chi connectivity index (χ0) is 11.5. The largest absolute Gasteiger partial charge is 0.370 e. The Labute approximate surface area is 94.3 Å². The fourth-order valence-electron chi connectivity index (χ4n) is 2.13. The minimum absolute atomic E-state index is 0.457. The smallest absolute Gasteiger partial charge is 0.160 e. The van der Waals surface area contributed by atoms with E-state index < -0.39 is 11.6 Å². The van der Waals surface area contributed by atoms with Crippen molar-refractivity contribution in [3.05, 3.63) is 29.8 Å². The van der Waals surface area contributed by atoms with Crippen LogP contribution in [-0.2, 0) is 0 Å². The van der Waals surface area contributed by atoms with E-state index in [1.165, 1.54) is 12.1 Å². The maximum Gasteiger partial charge on any atom is 0.160 e. The molecule has 0 spiro atoms. The zero-order valence-corrected chi connectivity index (χ0v) is 9.34. The molecule has 0 aromatic heterocycles. The van der Waals surface area contributed by atoms with Crippen molar-refractivity contribution in [3.8, 4) is 0 Å². The van der Waals surface area contributed by atoms with Crippen molar-refractivity contribution in [2.24, 2.45) is 0 Å². The van der Waals surface area contributed by atoms with Crippen molar-refractivity contribution >= 4 is 5.69 Å². The van der Waals surface area contributed by atoms with Crippen LogP contribution in [0.2, 0.25) is 0 Å². The predicted octanol–water partition coefficient (Wildman–Crippen LogP) is 2.15. The summed E-state index contributed by atoms with van der Waals surface area (Å²) in [5, 5.41) is 3.36. The summed E-state index contributed by atoms with van der Waals surface area (Å²) < 4.78 is 25.8. The Morgan fingerprint density at radius 2 is 2.19 bits per heavy atom. The van der Waals surface area contributed by atoms with Crippen molar-refractivity contribution in [1.29, 1.82) is 0 Å². The molecule has 0 amide bonds. The molecular formula is C12H16F2N2. The van der Waals surface area contributed by atoms with E-state index >= 15 is 0 Å². The van der Waals surface area contributed by atoms with Crippen molar-refractivity contribution in [2.45, 2.75) is 19.4 Å². The van der Waals surface area contributed by atoms with Gasteiger partial charge in [0.2, 0.25) is 0 Å². The average molecular weight is 226 g/mol. The number of hydrogen-bond donors (Lipinski definition) is 1. The van der Waals surface area contributed by atoms with Crippen molar-refractivity contribution < 1.29 is 8.78 Å². The first kappa shape index (κ1) is 11.3. The van der Waals surface area contributed by atoms with Crippen LogP contribution < -0.4 is 10.2 Å². The van der Waals surface area contributed by atoms with Crippen LogP contribution in [0.4, 0.5) is 14.5 Å². The second kappa shape index (κ2) is 4.78. The van der Waals surface area contributed by atoms with Gasteiger partial charge in [-0.1, -0.05) is 6.92 Å². The van der Waals surface area contributed by atoms with Crippen molar-refractivity contribution in [1.82, 2.24) is 5.32 Å². The molecule has 2 rings (SSSR count). The monoisotopic (exact) mass is 226 g/mol. The number of anilines is 1. The maximum absolute atomic E-state index is 13.1. The lowest BCUT2D eigenvalue weighted by atomic mass is 10.2. The van der Waals surface area contributed by atoms with Gasteiger partial charge >= 0.3 is 0 Å². The van der Waals surface area contributed by atoms with E-state index in [4.69, 9.17) is 0 Å². The molecule has 1 atom stereocenters. The number of hydrogen-bond acceptors (Lipinski definition) is 2. The number of nitrogens with zero attached hydrogens (tertiary/aromatic N) is 1. The highest BCUT2D eigenvalue weighted by molar-refractivity contribution is 5.48. The Kier molecular flexibility index (Phi) is 3.39. The number of benzene rings is 1. The van der Waals surface area contributed by atoms with E-state index in [2.05, 4.69) is 17.1 Å². The van der Waals surface area contributed by atoms with Gasteiger partial charge in [-0.05, 0) is 25.1 Å². The van der Waals surface area contributed by atoms with Crippen molar-refractivity contribution in [2.75, 3.05) is 24.5 Å². The first-order valence-corrected chi connectivity index (χ1v) is 5.64. The third-order valence-electron chi connectivity index (χ3n) is 2.95. The quantitative estimate of drug-likeness (QED) is 0.849. The van der Waals surface area contributed by atoms with Gasteiger partial charge in [-0.25, -0.2) is 8.78 Å². The second-order valence-corrected chi connectivity index (χ2v) is 4.09. The van der Waals surface area contributed by atoms with Crippen LogP contribution in [0.3, 0.4) is 0 Å². The minimum Gasteiger partial charge on any atom is -0.370 e. The number of nitrogens with one attached hydrogen (secondary N) is 1. The predicted molar refractivity (Wildman–Crippen MR) is 60.7 cm³/mol. The Morgan fingerprint density at radius 1 is 1.38 bits per heavy atom. The molecule has 0 bridgehead atoms. The molecule has 4 heteroatoms. The molecule has 1 aliphatic heterocycles. The summed E-state index contributed by atoms with van der Waals surface area (Å²) in [5.74, 6) is -1.56. The zero-order valence-electron chi connectivity index (χ0n) is 9.34. The lowest BCUT2D eigenvalue weighted by Crippen LogP contribution is -2.32. The summed E-state index contributed by atoms with van der Waals surface area (Å²) in [6, 6.07) is 4.54. The van der Waals surface area contributed by atoms with E-state index in [0.29, 0.717) is 6.04 Å². The number of rotatable bonds is 3. The topological polar surface area (TPSA) is 15.3 Å². The number of likely N-dealkylation sites (N-methyl/N-ethyl adjacent to an activating group) is 1. The van der Waals surface area contributed by atoms with Crippen LogP contribution in [0, 0.1) is 11.6 Å². The molecule has 16 heavy (non-hydrogen) atoms. The van der Waals surface area contributed by atoms with Gasteiger partial charge in [0.05, 0.1) is 0 Å². The summed E-state index contributed by atoms with van der Waals surface area (Å²) >= 11 is 0. The summed E-state index contributed by atoms with van der Waals surface area (Å²) in [7, 11) is 0. The summed E-state index contributed by atoms with van der Waals surface area (Å²) in [6.07, 6.45) is 1.05. The van der Waals surface area contributed by atoms with Gasteiger partial charge in [0.15, 0.2) is 11.6 Å².